The van der Waals surface area contributed by atoms with Gasteiger partial charge in [-0.15, -0.1) is 0 Å². The van der Waals surface area contributed by atoms with E-state index >= 15 is 0 Å². The molecule has 0 aliphatic rings. The molecule has 6 heteroatoms. The van der Waals surface area contributed by atoms with E-state index < -0.39 is 0 Å². The molecular weight excluding hydrogens is 867 g/mol. The van der Waals surface area contributed by atoms with Gasteiger partial charge in [-0.2, -0.15) is 0 Å². The van der Waals surface area contributed by atoms with E-state index in [4.69, 9.17) is 19.4 Å². The first-order valence-corrected chi connectivity index (χ1v) is 24.0. The van der Waals surface area contributed by atoms with Crippen molar-refractivity contribution in [2.45, 2.75) is 0 Å². The van der Waals surface area contributed by atoms with Crippen LogP contribution in [0.1, 0.15) is 0 Å². The summed E-state index contributed by atoms with van der Waals surface area (Å²) in [7, 11) is 0. The zero-order chi connectivity index (χ0) is 46.6. The Labute approximate surface area is 407 Å². The lowest BCUT2D eigenvalue weighted by atomic mass is 9.93. The summed E-state index contributed by atoms with van der Waals surface area (Å²) in [5, 5.41) is 11.4. The van der Waals surface area contributed by atoms with Crippen molar-refractivity contribution in [3.63, 3.8) is 0 Å². The number of fused-ring (bicyclic) bond motifs is 12. The molecule has 0 N–H and O–H groups in total. The third-order valence-electron chi connectivity index (χ3n) is 14.3. The highest BCUT2D eigenvalue weighted by molar-refractivity contribution is 6.23. The third-order valence-corrected chi connectivity index (χ3v) is 14.3. The molecule has 15 aromatic rings. The van der Waals surface area contributed by atoms with Crippen LogP contribution in [0.2, 0.25) is 0 Å². The Bertz CT molecular complexity index is 4640. The van der Waals surface area contributed by atoms with Crippen LogP contribution in [0.4, 0.5) is 0 Å². The Morgan fingerprint density at radius 2 is 0.873 bits per heavy atom. The first-order valence-electron chi connectivity index (χ1n) is 24.0. The minimum absolute atomic E-state index is 0.571. The Morgan fingerprint density at radius 3 is 1.69 bits per heavy atom. The summed E-state index contributed by atoms with van der Waals surface area (Å²) in [4.78, 5) is 16.4. The number of rotatable bonds is 6. The summed E-state index contributed by atoms with van der Waals surface area (Å²) in [6.07, 6.45) is 0. The van der Waals surface area contributed by atoms with E-state index in [-0.39, 0.29) is 0 Å². The number of nitrogens with zero attached hydrogens (tertiary/aromatic N) is 5. The minimum atomic E-state index is 0.571. The fraction of sp³-hybridized carbons (Fsp3) is 0. The molecule has 0 unspecified atom stereocenters. The van der Waals surface area contributed by atoms with Gasteiger partial charge >= 0.3 is 0 Å². The molecule has 0 radical (unpaired) electrons. The SMILES string of the molecule is c1ccc(-c2nc(-c3ccc(-n4c5ccccc5c5cc6ccccc6cc54)cc3-c3cccc4oc5ccc6ccccc6c5c34)nc(-c3cccc4c3c3ccccc3n4-c3ccccc3)n2)cc1. The van der Waals surface area contributed by atoms with Gasteiger partial charge in [0.2, 0.25) is 0 Å². The number of para-hydroxylation sites is 3. The fourth-order valence-corrected chi connectivity index (χ4v) is 11.2. The average Bonchev–Trinajstić information content (AvgIpc) is 4.10. The maximum atomic E-state index is 6.74. The van der Waals surface area contributed by atoms with Gasteiger partial charge in [0.25, 0.3) is 0 Å². The van der Waals surface area contributed by atoms with Crippen LogP contribution in [0.5, 0.6) is 0 Å². The smallest absolute Gasteiger partial charge is 0.164 e. The molecule has 0 saturated carbocycles. The van der Waals surface area contributed by atoms with Gasteiger partial charge in [0.05, 0.1) is 22.1 Å². The monoisotopic (exact) mass is 905 g/mol. The highest BCUT2D eigenvalue weighted by Crippen LogP contribution is 2.45. The minimum Gasteiger partial charge on any atom is -0.456 e. The second-order valence-corrected chi connectivity index (χ2v) is 18.3. The predicted octanol–water partition coefficient (Wildman–Crippen LogP) is 16.9. The van der Waals surface area contributed by atoms with Gasteiger partial charge in [-0.25, -0.2) is 15.0 Å². The topological polar surface area (TPSA) is 61.7 Å². The first-order chi connectivity index (χ1) is 35.2. The van der Waals surface area contributed by atoms with E-state index in [1.165, 1.54) is 21.5 Å². The molecule has 0 fully saturated rings. The molecule has 0 aliphatic heterocycles. The maximum absolute atomic E-state index is 6.74. The second kappa shape index (κ2) is 15.4. The summed E-state index contributed by atoms with van der Waals surface area (Å²) in [5.74, 6) is 1.76. The van der Waals surface area contributed by atoms with Gasteiger partial charge in [-0.1, -0.05) is 164 Å². The number of hydrogen-bond acceptors (Lipinski definition) is 4. The lowest BCUT2D eigenvalue weighted by molar-refractivity contribution is 0.669. The average molecular weight is 906 g/mol. The quantitative estimate of drug-likeness (QED) is 0.167. The Morgan fingerprint density at radius 1 is 0.282 bits per heavy atom. The summed E-state index contributed by atoms with van der Waals surface area (Å²) in [5.41, 5.74) is 12.9. The van der Waals surface area contributed by atoms with Crippen molar-refractivity contribution >= 4 is 87.1 Å². The zero-order valence-electron chi connectivity index (χ0n) is 38.2. The summed E-state index contributed by atoms with van der Waals surface area (Å²) >= 11 is 0. The number of hydrogen-bond donors (Lipinski definition) is 0. The molecule has 71 heavy (non-hydrogen) atoms. The van der Waals surface area contributed by atoms with Crippen LogP contribution in [0.3, 0.4) is 0 Å². The lowest BCUT2D eigenvalue weighted by Gasteiger charge is -2.16. The van der Waals surface area contributed by atoms with E-state index in [0.717, 1.165) is 105 Å². The van der Waals surface area contributed by atoms with Crippen molar-refractivity contribution in [2.75, 3.05) is 0 Å². The van der Waals surface area contributed by atoms with Gasteiger partial charge in [0.15, 0.2) is 17.5 Å². The van der Waals surface area contributed by atoms with Gasteiger partial charge in [0, 0.05) is 60.4 Å². The van der Waals surface area contributed by atoms with Crippen molar-refractivity contribution in [1.29, 1.82) is 0 Å². The fourth-order valence-electron chi connectivity index (χ4n) is 11.2. The van der Waals surface area contributed by atoms with Crippen molar-refractivity contribution in [3.8, 4) is 56.7 Å². The maximum Gasteiger partial charge on any atom is 0.164 e. The summed E-state index contributed by atoms with van der Waals surface area (Å²) in [6.45, 7) is 0. The highest BCUT2D eigenvalue weighted by atomic mass is 16.3. The molecule has 0 aliphatic carbocycles. The van der Waals surface area contributed by atoms with Crippen LogP contribution in [-0.2, 0) is 0 Å². The van der Waals surface area contributed by atoms with Gasteiger partial charge < -0.3 is 13.6 Å². The van der Waals surface area contributed by atoms with E-state index in [9.17, 15) is 0 Å². The van der Waals surface area contributed by atoms with E-state index in [2.05, 4.69) is 228 Å². The molecule has 0 spiro atoms. The predicted molar refractivity (Wildman–Crippen MR) is 293 cm³/mol. The van der Waals surface area contributed by atoms with Crippen LogP contribution in [0, 0.1) is 0 Å². The lowest BCUT2D eigenvalue weighted by Crippen LogP contribution is -2.02. The highest BCUT2D eigenvalue weighted by Gasteiger charge is 2.24. The van der Waals surface area contributed by atoms with Crippen molar-refractivity contribution < 1.29 is 4.42 Å². The summed E-state index contributed by atoms with van der Waals surface area (Å²) in [6, 6.07) is 83.9. The molecule has 6 nitrogen and oxygen atoms in total. The van der Waals surface area contributed by atoms with Crippen molar-refractivity contribution in [3.05, 3.63) is 237 Å². The molecule has 0 bridgehead atoms. The molecule has 0 atom stereocenters. The first kappa shape index (κ1) is 39.4. The normalized spacial score (nSPS) is 11.9. The molecule has 4 heterocycles. The Kier molecular flexibility index (Phi) is 8.56. The molecule has 4 aromatic heterocycles. The molecule has 15 rings (SSSR count). The Hall–Kier alpha value is -9.65. The third kappa shape index (κ3) is 6.05. The van der Waals surface area contributed by atoms with Gasteiger partial charge in [-0.05, 0) is 105 Å². The van der Waals surface area contributed by atoms with Crippen LogP contribution in [-0.4, -0.2) is 24.1 Å². The number of furan rings is 1. The van der Waals surface area contributed by atoms with Gasteiger partial charge in [-0.3, -0.25) is 0 Å². The standard InChI is InChI=1S/C65H39N5O/c1-3-18-41(19-4-1)63-66-64(68-65(67-63)51-28-15-31-56-60(51)50-26-12-14-30-55(50)69(56)44-22-5-2-6-23-44)49-35-34-45(70-54-29-13-11-25-47(54)53-37-42-20-7-8-21-43(42)38-57(53)70)39-52(49)48-27-16-32-58-62(48)61-46-24-10-9-17-40(46)33-36-59(61)71-58/h1-39H. The number of aromatic nitrogens is 5. The van der Waals surface area contributed by atoms with Crippen molar-refractivity contribution in [1.82, 2.24) is 24.1 Å². The van der Waals surface area contributed by atoms with Crippen LogP contribution < -0.4 is 0 Å². The zero-order valence-corrected chi connectivity index (χ0v) is 38.2. The molecule has 0 amide bonds. The molecule has 11 aromatic carbocycles. The van der Waals surface area contributed by atoms with Gasteiger partial charge in [0.1, 0.15) is 11.2 Å². The van der Waals surface area contributed by atoms with E-state index in [1.54, 1.807) is 0 Å². The molecule has 330 valence electrons. The largest absolute Gasteiger partial charge is 0.456 e. The van der Waals surface area contributed by atoms with E-state index in [1.807, 2.05) is 18.2 Å². The van der Waals surface area contributed by atoms with Crippen LogP contribution in [0.15, 0.2) is 241 Å². The van der Waals surface area contributed by atoms with E-state index in [0.29, 0.717) is 17.5 Å². The van der Waals surface area contributed by atoms with Crippen LogP contribution in [0.25, 0.3) is 144 Å². The summed E-state index contributed by atoms with van der Waals surface area (Å²) < 4.78 is 11.5. The molecular formula is C65H39N5O. The second-order valence-electron chi connectivity index (χ2n) is 18.3. The van der Waals surface area contributed by atoms with Crippen LogP contribution >= 0.6 is 0 Å². The Balaban J connectivity index is 1.05. The van der Waals surface area contributed by atoms with Crippen molar-refractivity contribution in [2.24, 2.45) is 0 Å². The molecule has 0 saturated heterocycles. The number of benzene rings is 11.